The van der Waals surface area contributed by atoms with E-state index in [2.05, 4.69) is 5.32 Å². The smallest absolute Gasteiger partial charge is 0.368 e. The molecule has 0 fully saturated rings. The lowest BCUT2D eigenvalue weighted by Crippen LogP contribution is -2.45. The van der Waals surface area contributed by atoms with E-state index in [1.807, 2.05) is 6.07 Å². The molecule has 0 saturated heterocycles. The highest BCUT2D eigenvalue weighted by molar-refractivity contribution is 5.97. The molecule has 0 aromatic heterocycles. The maximum absolute atomic E-state index is 12.8. The predicted molar refractivity (Wildman–Crippen MR) is 86.8 cm³/mol. The first-order valence-corrected chi connectivity index (χ1v) is 7.47. The highest BCUT2D eigenvalue weighted by Gasteiger charge is 2.30. The van der Waals surface area contributed by atoms with Gasteiger partial charge in [-0.05, 0) is 35.9 Å². The van der Waals surface area contributed by atoms with Gasteiger partial charge in [0, 0.05) is 12.0 Å². The maximum atomic E-state index is 12.8. The standard InChI is InChI=1S/C18H14F3N3O2/c19-18(20,21)14-3-1-2-12(8-14)9-15(16(23)25)24-17(26)13-6-4-11(10-22)5-7-13/h1-8,15H,9H2,(H2,23,25)(H,24,26)/t15-/m0/s1. The largest absolute Gasteiger partial charge is 0.416 e. The Balaban J connectivity index is 2.15. The average molecular weight is 361 g/mol. The van der Waals surface area contributed by atoms with E-state index in [4.69, 9.17) is 11.0 Å². The van der Waals surface area contributed by atoms with Gasteiger partial charge in [-0.15, -0.1) is 0 Å². The van der Waals surface area contributed by atoms with Crippen LogP contribution in [0, 0.1) is 11.3 Å². The van der Waals surface area contributed by atoms with Gasteiger partial charge in [-0.2, -0.15) is 18.4 Å². The van der Waals surface area contributed by atoms with Gasteiger partial charge < -0.3 is 11.1 Å². The SMILES string of the molecule is N#Cc1ccc(C(=O)N[C@@H](Cc2cccc(C(F)(F)F)c2)C(N)=O)cc1. The highest BCUT2D eigenvalue weighted by Crippen LogP contribution is 2.29. The van der Waals surface area contributed by atoms with Gasteiger partial charge in [0.2, 0.25) is 5.91 Å². The Hall–Kier alpha value is -3.34. The van der Waals surface area contributed by atoms with Crippen LogP contribution < -0.4 is 11.1 Å². The summed E-state index contributed by atoms with van der Waals surface area (Å²) in [5.41, 5.74) is 5.18. The summed E-state index contributed by atoms with van der Waals surface area (Å²) in [7, 11) is 0. The number of halogens is 3. The van der Waals surface area contributed by atoms with Gasteiger partial charge in [0.15, 0.2) is 0 Å². The molecule has 2 aromatic carbocycles. The van der Waals surface area contributed by atoms with Crippen molar-refractivity contribution in [3.8, 4) is 6.07 Å². The lowest BCUT2D eigenvalue weighted by atomic mass is 10.0. The molecule has 134 valence electrons. The molecule has 0 aliphatic rings. The fourth-order valence-electron chi connectivity index (χ4n) is 2.27. The van der Waals surface area contributed by atoms with Crippen molar-refractivity contribution in [3.63, 3.8) is 0 Å². The Morgan fingerprint density at radius 2 is 1.81 bits per heavy atom. The number of amides is 2. The molecule has 0 heterocycles. The van der Waals surface area contributed by atoms with E-state index in [0.717, 1.165) is 12.1 Å². The van der Waals surface area contributed by atoms with Gasteiger partial charge >= 0.3 is 6.18 Å². The second-order valence-electron chi connectivity index (χ2n) is 5.52. The zero-order chi connectivity index (χ0) is 19.3. The number of nitrogens with zero attached hydrogens (tertiary/aromatic N) is 1. The van der Waals surface area contributed by atoms with Gasteiger partial charge in [0.05, 0.1) is 17.2 Å². The van der Waals surface area contributed by atoms with Crippen LogP contribution in [-0.4, -0.2) is 17.9 Å². The minimum Gasteiger partial charge on any atom is -0.368 e. The van der Waals surface area contributed by atoms with Gasteiger partial charge in [-0.1, -0.05) is 18.2 Å². The van der Waals surface area contributed by atoms with Gasteiger partial charge in [-0.25, -0.2) is 0 Å². The fourth-order valence-corrected chi connectivity index (χ4v) is 2.27. The summed E-state index contributed by atoms with van der Waals surface area (Å²) in [5.74, 6) is -1.49. The second-order valence-corrected chi connectivity index (χ2v) is 5.52. The number of rotatable bonds is 5. The van der Waals surface area contributed by atoms with Crippen LogP contribution in [0.3, 0.4) is 0 Å². The van der Waals surface area contributed by atoms with Crippen molar-refractivity contribution in [3.05, 3.63) is 70.8 Å². The van der Waals surface area contributed by atoms with E-state index in [1.165, 1.54) is 36.4 Å². The van der Waals surface area contributed by atoms with Crippen LogP contribution in [0.4, 0.5) is 13.2 Å². The minimum atomic E-state index is -4.51. The number of hydrogen-bond donors (Lipinski definition) is 2. The van der Waals surface area contributed by atoms with E-state index in [-0.39, 0.29) is 17.5 Å². The molecule has 0 aliphatic carbocycles. The lowest BCUT2D eigenvalue weighted by molar-refractivity contribution is -0.137. The lowest BCUT2D eigenvalue weighted by Gasteiger charge is -2.16. The van der Waals surface area contributed by atoms with Crippen molar-refractivity contribution >= 4 is 11.8 Å². The van der Waals surface area contributed by atoms with Crippen LogP contribution in [-0.2, 0) is 17.4 Å². The van der Waals surface area contributed by atoms with E-state index in [1.54, 1.807) is 0 Å². The van der Waals surface area contributed by atoms with Crippen molar-refractivity contribution in [1.29, 1.82) is 5.26 Å². The maximum Gasteiger partial charge on any atom is 0.416 e. The number of alkyl halides is 3. The third-order valence-corrected chi connectivity index (χ3v) is 3.62. The van der Waals surface area contributed by atoms with E-state index in [0.29, 0.717) is 5.56 Å². The third-order valence-electron chi connectivity index (χ3n) is 3.62. The third kappa shape index (κ3) is 4.83. The molecule has 2 rings (SSSR count). The first kappa shape index (κ1) is 19.0. The molecule has 0 spiro atoms. The molecule has 0 unspecified atom stereocenters. The van der Waals surface area contributed by atoms with Crippen LogP contribution in [0.5, 0.6) is 0 Å². The van der Waals surface area contributed by atoms with Crippen LogP contribution in [0.2, 0.25) is 0 Å². The quantitative estimate of drug-likeness (QED) is 0.856. The van der Waals surface area contributed by atoms with Crippen molar-refractivity contribution in [2.24, 2.45) is 5.73 Å². The van der Waals surface area contributed by atoms with Crippen molar-refractivity contribution in [2.45, 2.75) is 18.6 Å². The molecular weight excluding hydrogens is 347 g/mol. The molecule has 26 heavy (non-hydrogen) atoms. The predicted octanol–water partition coefficient (Wildman–Crippen LogP) is 2.40. The van der Waals surface area contributed by atoms with E-state index >= 15 is 0 Å². The topological polar surface area (TPSA) is 96.0 Å². The van der Waals surface area contributed by atoms with Crippen LogP contribution >= 0.6 is 0 Å². The number of nitrogens with one attached hydrogen (secondary N) is 1. The molecule has 5 nitrogen and oxygen atoms in total. The number of nitrogens with two attached hydrogens (primary N) is 1. The number of carbonyl (C=O) groups excluding carboxylic acids is 2. The zero-order valence-electron chi connectivity index (χ0n) is 13.4. The summed E-state index contributed by atoms with van der Waals surface area (Å²) in [5, 5.41) is 11.1. The number of benzene rings is 2. The summed E-state index contributed by atoms with van der Waals surface area (Å²) in [6.07, 6.45) is -4.69. The first-order valence-electron chi connectivity index (χ1n) is 7.47. The zero-order valence-corrected chi connectivity index (χ0v) is 13.4. The van der Waals surface area contributed by atoms with Crippen LogP contribution in [0.1, 0.15) is 27.0 Å². The van der Waals surface area contributed by atoms with E-state index < -0.39 is 29.6 Å². The fraction of sp³-hybridized carbons (Fsp3) is 0.167. The summed E-state index contributed by atoms with van der Waals surface area (Å²) >= 11 is 0. The first-order chi connectivity index (χ1) is 12.2. The molecule has 2 amide bonds. The minimum absolute atomic E-state index is 0.179. The van der Waals surface area contributed by atoms with Crippen molar-refractivity contribution in [1.82, 2.24) is 5.32 Å². The molecule has 0 radical (unpaired) electrons. The molecule has 0 saturated carbocycles. The summed E-state index contributed by atoms with van der Waals surface area (Å²) in [4.78, 5) is 23.8. The molecule has 0 bridgehead atoms. The highest BCUT2D eigenvalue weighted by atomic mass is 19.4. The number of carbonyl (C=O) groups is 2. The Labute approximate surface area is 147 Å². The van der Waals surface area contributed by atoms with Gasteiger partial charge in [0.25, 0.3) is 5.91 Å². The van der Waals surface area contributed by atoms with Crippen molar-refractivity contribution in [2.75, 3.05) is 0 Å². The molecule has 2 aromatic rings. The molecule has 8 heteroatoms. The average Bonchev–Trinajstić information content (AvgIpc) is 2.60. The Morgan fingerprint density at radius 1 is 1.15 bits per heavy atom. The van der Waals surface area contributed by atoms with Crippen LogP contribution in [0.15, 0.2) is 48.5 Å². The molecule has 0 aliphatic heterocycles. The van der Waals surface area contributed by atoms with Gasteiger partial charge in [0.1, 0.15) is 6.04 Å². The normalized spacial score (nSPS) is 12.1. The molecule has 3 N–H and O–H groups in total. The number of hydrogen-bond acceptors (Lipinski definition) is 3. The van der Waals surface area contributed by atoms with Crippen molar-refractivity contribution < 1.29 is 22.8 Å². The number of nitriles is 1. The Bertz CT molecular complexity index is 855. The number of primary amides is 1. The van der Waals surface area contributed by atoms with Gasteiger partial charge in [-0.3, -0.25) is 9.59 Å². The Kier molecular flexibility index (Phi) is 5.62. The molecular formula is C18H14F3N3O2. The summed E-state index contributed by atoms with van der Waals surface area (Å²) < 4.78 is 38.3. The molecule has 1 atom stereocenters. The summed E-state index contributed by atoms with van der Waals surface area (Å²) in [6, 6.07) is 10.8. The second kappa shape index (κ2) is 7.70. The van der Waals surface area contributed by atoms with E-state index in [9.17, 15) is 22.8 Å². The van der Waals surface area contributed by atoms with Crippen LogP contribution in [0.25, 0.3) is 0 Å². The summed E-state index contributed by atoms with van der Waals surface area (Å²) in [6.45, 7) is 0. The Morgan fingerprint density at radius 3 is 2.35 bits per heavy atom. The monoisotopic (exact) mass is 361 g/mol.